The van der Waals surface area contributed by atoms with E-state index in [2.05, 4.69) is 38.2 Å². The number of hydrogen-bond donors (Lipinski definition) is 1. The molecule has 2 rings (SSSR count). The Bertz CT molecular complexity index is 417. The normalized spacial score (nSPS) is 23.8. The first-order valence-electron chi connectivity index (χ1n) is 6.64. The summed E-state index contributed by atoms with van der Waals surface area (Å²) in [6, 6.07) is 4.75. The van der Waals surface area contributed by atoms with E-state index in [1.54, 1.807) is 7.11 Å². The number of benzene rings is 1. The molecule has 1 N–H and O–H groups in total. The number of rotatable bonds is 3. The fourth-order valence-corrected chi connectivity index (χ4v) is 2.65. The van der Waals surface area contributed by atoms with E-state index in [4.69, 9.17) is 9.47 Å². The number of nitrogens with one attached hydrogen (secondary N) is 1. The van der Waals surface area contributed by atoms with E-state index in [-0.39, 0.29) is 0 Å². The lowest BCUT2D eigenvalue weighted by atomic mass is 10.0. The lowest BCUT2D eigenvalue weighted by molar-refractivity contribution is 0.0232. The van der Waals surface area contributed by atoms with Crippen molar-refractivity contribution in [2.45, 2.75) is 45.8 Å². The molecule has 100 valence electrons. The molecular formula is C15H23NO2. The SMILES string of the molecule is COc1c(C)ccc(NC2CCOC(C)C2)c1C. The van der Waals surface area contributed by atoms with Crippen LogP contribution in [0.4, 0.5) is 5.69 Å². The summed E-state index contributed by atoms with van der Waals surface area (Å²) < 4.78 is 11.0. The summed E-state index contributed by atoms with van der Waals surface area (Å²) in [7, 11) is 1.73. The third kappa shape index (κ3) is 2.78. The van der Waals surface area contributed by atoms with E-state index in [1.165, 1.54) is 16.8 Å². The highest BCUT2D eigenvalue weighted by Gasteiger charge is 2.20. The molecule has 0 bridgehead atoms. The molecule has 1 aliphatic rings. The fourth-order valence-electron chi connectivity index (χ4n) is 2.65. The molecule has 2 atom stereocenters. The molecule has 0 spiro atoms. The molecule has 0 radical (unpaired) electrons. The van der Waals surface area contributed by atoms with Gasteiger partial charge in [-0.3, -0.25) is 0 Å². The Morgan fingerprint density at radius 2 is 2.11 bits per heavy atom. The van der Waals surface area contributed by atoms with Crippen LogP contribution in [0.15, 0.2) is 12.1 Å². The maximum Gasteiger partial charge on any atom is 0.126 e. The van der Waals surface area contributed by atoms with Gasteiger partial charge in [0.05, 0.1) is 13.2 Å². The van der Waals surface area contributed by atoms with Crippen LogP contribution in [0.25, 0.3) is 0 Å². The molecule has 1 aliphatic heterocycles. The number of ether oxygens (including phenoxy) is 2. The predicted molar refractivity (Wildman–Crippen MR) is 74.5 cm³/mol. The minimum Gasteiger partial charge on any atom is -0.496 e. The summed E-state index contributed by atoms with van der Waals surface area (Å²) in [6.07, 6.45) is 2.49. The summed E-state index contributed by atoms with van der Waals surface area (Å²) >= 11 is 0. The molecule has 1 fully saturated rings. The Kier molecular flexibility index (Phi) is 4.12. The van der Waals surface area contributed by atoms with E-state index >= 15 is 0 Å². The van der Waals surface area contributed by atoms with Crippen molar-refractivity contribution < 1.29 is 9.47 Å². The molecule has 1 aromatic carbocycles. The smallest absolute Gasteiger partial charge is 0.126 e. The molecule has 2 unspecified atom stereocenters. The van der Waals surface area contributed by atoms with Gasteiger partial charge < -0.3 is 14.8 Å². The van der Waals surface area contributed by atoms with E-state index in [1.807, 2.05) is 0 Å². The highest BCUT2D eigenvalue weighted by Crippen LogP contribution is 2.30. The molecule has 1 heterocycles. The van der Waals surface area contributed by atoms with Crippen LogP contribution in [0.1, 0.15) is 30.9 Å². The molecule has 1 saturated heterocycles. The van der Waals surface area contributed by atoms with E-state index in [9.17, 15) is 0 Å². The molecule has 0 amide bonds. The van der Waals surface area contributed by atoms with Gasteiger partial charge in [0.2, 0.25) is 0 Å². The molecule has 0 aliphatic carbocycles. The van der Waals surface area contributed by atoms with Crippen LogP contribution in [0, 0.1) is 13.8 Å². The first kappa shape index (κ1) is 13.2. The predicted octanol–water partition coefficient (Wildman–Crippen LogP) is 3.29. The molecule has 18 heavy (non-hydrogen) atoms. The Balaban J connectivity index is 2.14. The maximum atomic E-state index is 5.58. The van der Waals surface area contributed by atoms with Crippen molar-refractivity contribution in [3.63, 3.8) is 0 Å². The number of hydrogen-bond acceptors (Lipinski definition) is 3. The highest BCUT2D eigenvalue weighted by molar-refractivity contribution is 5.60. The second-order valence-electron chi connectivity index (χ2n) is 5.14. The summed E-state index contributed by atoms with van der Waals surface area (Å²) in [6.45, 7) is 7.17. The van der Waals surface area contributed by atoms with Crippen LogP contribution in [-0.2, 0) is 4.74 Å². The summed E-state index contributed by atoms with van der Waals surface area (Å²) in [5.74, 6) is 0.986. The topological polar surface area (TPSA) is 30.5 Å². The van der Waals surface area contributed by atoms with Crippen LogP contribution in [-0.4, -0.2) is 25.9 Å². The van der Waals surface area contributed by atoms with Gasteiger partial charge in [0, 0.05) is 23.9 Å². The Labute approximate surface area is 109 Å². The van der Waals surface area contributed by atoms with Crippen molar-refractivity contribution in [3.8, 4) is 5.75 Å². The van der Waals surface area contributed by atoms with Gasteiger partial charge in [-0.25, -0.2) is 0 Å². The average Bonchev–Trinajstić information content (AvgIpc) is 2.34. The largest absolute Gasteiger partial charge is 0.496 e. The fraction of sp³-hybridized carbons (Fsp3) is 0.600. The average molecular weight is 249 g/mol. The van der Waals surface area contributed by atoms with Gasteiger partial charge >= 0.3 is 0 Å². The zero-order chi connectivity index (χ0) is 13.1. The first-order valence-corrected chi connectivity index (χ1v) is 6.64. The third-order valence-electron chi connectivity index (χ3n) is 3.65. The molecule has 1 aromatic rings. The number of aryl methyl sites for hydroxylation is 1. The summed E-state index contributed by atoms with van der Waals surface area (Å²) in [4.78, 5) is 0. The highest BCUT2D eigenvalue weighted by atomic mass is 16.5. The zero-order valence-electron chi connectivity index (χ0n) is 11.7. The van der Waals surface area contributed by atoms with Crippen molar-refractivity contribution in [1.29, 1.82) is 0 Å². The molecular weight excluding hydrogens is 226 g/mol. The van der Waals surface area contributed by atoms with Crippen LogP contribution < -0.4 is 10.1 Å². The van der Waals surface area contributed by atoms with Crippen LogP contribution >= 0.6 is 0 Å². The van der Waals surface area contributed by atoms with Crippen molar-refractivity contribution in [1.82, 2.24) is 0 Å². The van der Waals surface area contributed by atoms with E-state index in [0.717, 1.165) is 25.2 Å². The molecule has 3 heteroatoms. The van der Waals surface area contributed by atoms with Crippen LogP contribution in [0.5, 0.6) is 5.75 Å². The van der Waals surface area contributed by atoms with Crippen molar-refractivity contribution in [2.24, 2.45) is 0 Å². The minimum absolute atomic E-state index is 0.351. The number of methoxy groups -OCH3 is 1. The van der Waals surface area contributed by atoms with Gasteiger partial charge in [-0.05, 0) is 45.2 Å². The van der Waals surface area contributed by atoms with Crippen molar-refractivity contribution >= 4 is 5.69 Å². The summed E-state index contributed by atoms with van der Waals surface area (Å²) in [5, 5.41) is 3.62. The molecule has 0 aromatic heterocycles. The van der Waals surface area contributed by atoms with Crippen molar-refractivity contribution in [2.75, 3.05) is 19.0 Å². The van der Waals surface area contributed by atoms with Gasteiger partial charge in [0.15, 0.2) is 0 Å². The summed E-state index contributed by atoms with van der Waals surface area (Å²) in [5.41, 5.74) is 3.55. The second kappa shape index (κ2) is 5.61. The van der Waals surface area contributed by atoms with Crippen molar-refractivity contribution in [3.05, 3.63) is 23.3 Å². The third-order valence-corrected chi connectivity index (χ3v) is 3.65. The molecule has 3 nitrogen and oxygen atoms in total. The first-order chi connectivity index (χ1) is 8.61. The Hall–Kier alpha value is -1.22. The van der Waals surface area contributed by atoms with Crippen LogP contribution in [0.2, 0.25) is 0 Å². The van der Waals surface area contributed by atoms with Gasteiger partial charge in [0.1, 0.15) is 5.75 Å². The lowest BCUT2D eigenvalue weighted by Gasteiger charge is -2.29. The van der Waals surface area contributed by atoms with Gasteiger partial charge in [-0.2, -0.15) is 0 Å². The Morgan fingerprint density at radius 3 is 2.78 bits per heavy atom. The standard InChI is InChI=1S/C15H23NO2/c1-10-5-6-14(12(3)15(10)17-4)16-13-7-8-18-11(2)9-13/h5-6,11,13,16H,7-9H2,1-4H3. The second-order valence-corrected chi connectivity index (χ2v) is 5.14. The lowest BCUT2D eigenvalue weighted by Crippen LogP contribution is -2.32. The maximum absolute atomic E-state index is 5.58. The van der Waals surface area contributed by atoms with E-state index in [0.29, 0.717) is 12.1 Å². The number of anilines is 1. The van der Waals surface area contributed by atoms with Gasteiger partial charge in [0.25, 0.3) is 0 Å². The zero-order valence-corrected chi connectivity index (χ0v) is 11.7. The monoisotopic (exact) mass is 249 g/mol. The Morgan fingerprint density at radius 1 is 1.33 bits per heavy atom. The van der Waals surface area contributed by atoms with Gasteiger partial charge in [-0.1, -0.05) is 6.07 Å². The van der Waals surface area contributed by atoms with E-state index < -0.39 is 0 Å². The molecule has 0 saturated carbocycles. The van der Waals surface area contributed by atoms with Crippen LogP contribution in [0.3, 0.4) is 0 Å². The quantitative estimate of drug-likeness (QED) is 0.891. The van der Waals surface area contributed by atoms with Gasteiger partial charge in [-0.15, -0.1) is 0 Å². The minimum atomic E-state index is 0.351.